The Morgan fingerprint density at radius 1 is 1.15 bits per heavy atom. The largest absolute Gasteiger partial charge is 0.496 e. The fourth-order valence-corrected chi connectivity index (χ4v) is 4.86. The van der Waals surface area contributed by atoms with Gasteiger partial charge in [-0.1, -0.05) is 0 Å². The van der Waals surface area contributed by atoms with Crippen LogP contribution in [-0.2, 0) is 23.0 Å². The van der Waals surface area contributed by atoms with Crippen LogP contribution in [0.2, 0.25) is 0 Å². The summed E-state index contributed by atoms with van der Waals surface area (Å²) in [7, 11) is -2.18. The fraction of sp³-hybridized carbons (Fsp3) is 0.222. The molecule has 9 heteroatoms. The molecule has 0 saturated carbocycles. The number of aromatic nitrogens is 3. The maximum absolute atomic E-state index is 12.6. The van der Waals surface area contributed by atoms with Gasteiger partial charge >= 0.3 is 0 Å². The van der Waals surface area contributed by atoms with Crippen molar-refractivity contribution in [3.8, 4) is 17.1 Å². The highest BCUT2D eigenvalue weighted by molar-refractivity contribution is 9.10. The van der Waals surface area contributed by atoms with Gasteiger partial charge in [0.1, 0.15) is 11.6 Å². The average molecular weight is 449 g/mol. The average Bonchev–Trinajstić information content (AvgIpc) is 3.26. The lowest BCUT2D eigenvalue weighted by molar-refractivity contribution is 0.411. The number of nitrogens with one attached hydrogen (secondary N) is 1. The molecule has 1 aromatic heterocycles. The number of aryl methyl sites for hydroxylation is 1. The van der Waals surface area contributed by atoms with E-state index < -0.39 is 10.0 Å². The van der Waals surface area contributed by atoms with Crippen molar-refractivity contribution in [2.45, 2.75) is 24.3 Å². The van der Waals surface area contributed by atoms with Gasteiger partial charge in [-0.25, -0.2) is 8.42 Å². The lowest BCUT2D eigenvalue weighted by Crippen LogP contribution is -2.13. The van der Waals surface area contributed by atoms with E-state index in [4.69, 9.17) is 4.74 Å². The summed E-state index contributed by atoms with van der Waals surface area (Å²) in [5, 5.41) is 8.45. The molecule has 2 heterocycles. The van der Waals surface area contributed by atoms with Gasteiger partial charge in [-0.05, 0) is 64.8 Å². The van der Waals surface area contributed by atoms with Crippen LogP contribution in [0.1, 0.15) is 12.2 Å². The van der Waals surface area contributed by atoms with E-state index in [-0.39, 0.29) is 4.90 Å². The van der Waals surface area contributed by atoms with Crippen molar-refractivity contribution >= 4 is 31.6 Å². The SMILES string of the molecule is COc1ccc(S(=O)(=O)Nc2ccc(-c3nnc4n3CCC4)cc2)cc1Br. The Labute approximate surface area is 165 Å². The number of nitrogens with zero attached hydrogens (tertiary/aromatic N) is 3. The van der Waals surface area contributed by atoms with Gasteiger partial charge in [-0.15, -0.1) is 10.2 Å². The molecule has 0 amide bonds. The minimum atomic E-state index is -3.71. The summed E-state index contributed by atoms with van der Waals surface area (Å²) in [6, 6.07) is 11.8. The first-order chi connectivity index (χ1) is 13.0. The molecule has 2 aromatic carbocycles. The Morgan fingerprint density at radius 3 is 2.63 bits per heavy atom. The standard InChI is InChI=1S/C18H17BrN4O3S/c1-26-16-9-8-14(11-15(16)19)27(24,25)22-13-6-4-12(5-7-13)18-21-20-17-3-2-10-23(17)18/h4-9,11,22H,2-3,10H2,1H3. The van der Waals surface area contributed by atoms with Crippen molar-refractivity contribution in [2.24, 2.45) is 0 Å². The molecule has 0 fully saturated rings. The van der Waals surface area contributed by atoms with Crippen LogP contribution in [0.25, 0.3) is 11.4 Å². The number of halogens is 1. The maximum atomic E-state index is 12.6. The Hall–Kier alpha value is -2.39. The molecule has 0 aliphatic carbocycles. The third-order valence-electron chi connectivity index (χ3n) is 4.44. The first-order valence-corrected chi connectivity index (χ1v) is 10.6. The highest BCUT2D eigenvalue weighted by Crippen LogP contribution is 2.29. The van der Waals surface area contributed by atoms with E-state index >= 15 is 0 Å². The predicted molar refractivity (Wildman–Crippen MR) is 105 cm³/mol. The third-order valence-corrected chi connectivity index (χ3v) is 6.44. The molecule has 0 bridgehead atoms. The Balaban J connectivity index is 1.56. The number of hydrogen-bond acceptors (Lipinski definition) is 5. The van der Waals surface area contributed by atoms with E-state index in [1.54, 1.807) is 18.2 Å². The summed E-state index contributed by atoms with van der Waals surface area (Å²) < 4.78 is 35.6. The summed E-state index contributed by atoms with van der Waals surface area (Å²) in [6.45, 7) is 0.915. The van der Waals surface area contributed by atoms with E-state index in [1.165, 1.54) is 19.2 Å². The van der Waals surface area contributed by atoms with Crippen molar-refractivity contribution in [1.29, 1.82) is 0 Å². The minimum absolute atomic E-state index is 0.148. The second-order valence-electron chi connectivity index (χ2n) is 6.17. The molecule has 0 atom stereocenters. The molecule has 0 spiro atoms. The summed E-state index contributed by atoms with van der Waals surface area (Å²) in [4.78, 5) is 0.148. The Morgan fingerprint density at radius 2 is 1.93 bits per heavy atom. The first-order valence-electron chi connectivity index (χ1n) is 8.37. The zero-order valence-electron chi connectivity index (χ0n) is 14.5. The Bertz CT molecular complexity index is 1090. The molecule has 1 aliphatic heterocycles. The second-order valence-corrected chi connectivity index (χ2v) is 8.71. The van der Waals surface area contributed by atoms with Gasteiger partial charge in [0, 0.05) is 24.2 Å². The molecular weight excluding hydrogens is 432 g/mol. The van der Waals surface area contributed by atoms with Gasteiger partial charge in [-0.2, -0.15) is 0 Å². The highest BCUT2D eigenvalue weighted by atomic mass is 79.9. The number of ether oxygens (including phenoxy) is 1. The quantitative estimate of drug-likeness (QED) is 0.645. The third kappa shape index (κ3) is 3.44. The topological polar surface area (TPSA) is 86.1 Å². The number of anilines is 1. The maximum Gasteiger partial charge on any atom is 0.261 e. The van der Waals surface area contributed by atoms with Crippen molar-refractivity contribution < 1.29 is 13.2 Å². The van der Waals surface area contributed by atoms with Gasteiger partial charge in [0.15, 0.2) is 5.82 Å². The van der Waals surface area contributed by atoms with Gasteiger partial charge in [-0.3, -0.25) is 4.72 Å². The summed E-state index contributed by atoms with van der Waals surface area (Å²) in [5.41, 5.74) is 1.39. The molecule has 1 aliphatic rings. The molecule has 0 radical (unpaired) electrons. The van der Waals surface area contributed by atoms with Crippen LogP contribution in [0.3, 0.4) is 0 Å². The summed E-state index contributed by atoms with van der Waals surface area (Å²) in [5.74, 6) is 2.38. The van der Waals surface area contributed by atoms with Crippen LogP contribution in [0.5, 0.6) is 5.75 Å². The molecule has 140 valence electrons. The zero-order valence-corrected chi connectivity index (χ0v) is 16.9. The Kier molecular flexibility index (Phi) is 4.65. The second kappa shape index (κ2) is 6.97. The monoisotopic (exact) mass is 448 g/mol. The minimum Gasteiger partial charge on any atom is -0.496 e. The normalized spacial score (nSPS) is 13.4. The van der Waals surface area contributed by atoms with Gasteiger partial charge in [0.05, 0.1) is 16.5 Å². The molecule has 1 N–H and O–H groups in total. The van der Waals surface area contributed by atoms with Crippen LogP contribution in [0, 0.1) is 0 Å². The molecule has 0 saturated heterocycles. The van der Waals surface area contributed by atoms with Crippen molar-refractivity contribution in [3.63, 3.8) is 0 Å². The smallest absolute Gasteiger partial charge is 0.261 e. The zero-order chi connectivity index (χ0) is 19.0. The molecule has 27 heavy (non-hydrogen) atoms. The number of sulfonamides is 1. The van der Waals surface area contributed by atoms with Crippen LogP contribution in [0.15, 0.2) is 51.8 Å². The highest BCUT2D eigenvalue weighted by Gasteiger charge is 2.19. The van der Waals surface area contributed by atoms with E-state index in [1.807, 2.05) is 12.1 Å². The van der Waals surface area contributed by atoms with Crippen LogP contribution in [-0.4, -0.2) is 30.3 Å². The van der Waals surface area contributed by atoms with Gasteiger partial charge in [0.25, 0.3) is 10.0 Å². The molecule has 7 nitrogen and oxygen atoms in total. The molecule has 3 aromatic rings. The fourth-order valence-electron chi connectivity index (χ4n) is 3.08. The van der Waals surface area contributed by atoms with Crippen LogP contribution >= 0.6 is 15.9 Å². The van der Waals surface area contributed by atoms with E-state index in [9.17, 15) is 8.42 Å². The van der Waals surface area contributed by atoms with Gasteiger partial charge < -0.3 is 9.30 Å². The van der Waals surface area contributed by atoms with Crippen molar-refractivity contribution in [2.75, 3.05) is 11.8 Å². The van der Waals surface area contributed by atoms with Crippen molar-refractivity contribution in [1.82, 2.24) is 14.8 Å². The molecular formula is C18H17BrN4O3S. The van der Waals surface area contributed by atoms with E-state index in [0.29, 0.717) is 15.9 Å². The molecule has 0 unspecified atom stereocenters. The number of methoxy groups -OCH3 is 1. The van der Waals surface area contributed by atoms with E-state index in [2.05, 4.69) is 35.4 Å². The number of benzene rings is 2. The summed E-state index contributed by atoms with van der Waals surface area (Å²) in [6.07, 6.45) is 2.02. The number of fused-ring (bicyclic) bond motifs is 1. The number of hydrogen-bond donors (Lipinski definition) is 1. The van der Waals surface area contributed by atoms with Crippen molar-refractivity contribution in [3.05, 3.63) is 52.8 Å². The predicted octanol–water partition coefficient (Wildman–Crippen LogP) is 3.46. The van der Waals surface area contributed by atoms with E-state index in [0.717, 1.165) is 36.6 Å². The summed E-state index contributed by atoms with van der Waals surface area (Å²) >= 11 is 3.31. The number of rotatable bonds is 5. The first kappa shape index (κ1) is 18.0. The molecule has 4 rings (SSSR count). The lowest BCUT2D eigenvalue weighted by atomic mass is 10.2. The van der Waals surface area contributed by atoms with Gasteiger partial charge in [0.2, 0.25) is 0 Å². The van der Waals surface area contributed by atoms with Crippen LogP contribution < -0.4 is 9.46 Å². The lowest BCUT2D eigenvalue weighted by Gasteiger charge is -2.10. The van der Waals surface area contributed by atoms with Crippen LogP contribution in [0.4, 0.5) is 5.69 Å².